The highest BCUT2D eigenvalue weighted by Crippen LogP contribution is 2.65. The molecule has 71 heavy (non-hydrogen) atoms. The Bertz CT molecular complexity index is 3800. The first-order chi connectivity index (χ1) is 33.7. The van der Waals surface area contributed by atoms with Crippen LogP contribution in [-0.2, 0) is 27.1 Å². The third-order valence-corrected chi connectivity index (χ3v) is 19.2. The molecule has 0 spiro atoms. The van der Waals surface area contributed by atoms with Crippen molar-refractivity contribution >= 4 is 84.4 Å². The van der Waals surface area contributed by atoms with Crippen LogP contribution < -0.4 is 20.6 Å². The summed E-state index contributed by atoms with van der Waals surface area (Å²) in [5.74, 6) is 0. The molecule has 5 heteroatoms. The van der Waals surface area contributed by atoms with Crippen molar-refractivity contribution in [2.45, 2.75) is 154 Å². The highest BCUT2D eigenvalue weighted by Gasteiger charge is 2.63. The van der Waals surface area contributed by atoms with E-state index in [1.807, 2.05) is 0 Å². The topological polar surface area (TPSA) is 32.8 Å². The standard InChI is InChI=1S/C66H67BN2O2/c1-61(2,3)39-24-27-51(43(32-39)38-20-14-13-15-21-38)68-52-36-45-41-22-16-17-23-53(41)70-59(45)55-46-33-40(62(4,5)6)34-49-57(46)69(66(12)29-19-18-28-65(49,66)11)67(56(52)55)50-26-25-42-44-35-47-48(37-54(44)71-60(42)58(50)68)64(9,10)31-30-63(47,7)8/h13-17,20-27,32-37H,18-19,28-31H2,1-12H3. The van der Waals surface area contributed by atoms with Gasteiger partial charge in [-0.05, 0) is 141 Å². The van der Waals surface area contributed by atoms with Crippen LogP contribution in [0.1, 0.15) is 149 Å². The van der Waals surface area contributed by atoms with Gasteiger partial charge in [-0.3, -0.25) is 0 Å². The number of para-hydroxylation sites is 1. The van der Waals surface area contributed by atoms with Crippen molar-refractivity contribution in [2.24, 2.45) is 0 Å². The van der Waals surface area contributed by atoms with Gasteiger partial charge >= 0.3 is 6.85 Å². The van der Waals surface area contributed by atoms with Crippen molar-refractivity contribution in [2.75, 3.05) is 9.71 Å². The molecule has 2 aromatic heterocycles. The second-order valence-corrected chi connectivity index (χ2v) is 26.2. The van der Waals surface area contributed by atoms with Gasteiger partial charge in [0.15, 0.2) is 5.58 Å². The van der Waals surface area contributed by atoms with Gasteiger partial charge in [0.05, 0.1) is 11.4 Å². The fourth-order valence-corrected chi connectivity index (χ4v) is 14.7. The van der Waals surface area contributed by atoms with Gasteiger partial charge in [0.2, 0.25) is 0 Å². The monoisotopic (exact) mass is 931 g/mol. The lowest BCUT2D eigenvalue weighted by Gasteiger charge is -2.55. The van der Waals surface area contributed by atoms with E-state index in [1.165, 1.54) is 96.0 Å². The number of benzene rings is 7. The smallest absolute Gasteiger partial charge is 0.329 e. The zero-order valence-electron chi connectivity index (χ0n) is 44.0. The largest absolute Gasteiger partial charge is 0.455 e. The summed E-state index contributed by atoms with van der Waals surface area (Å²) in [5.41, 5.74) is 23.2. The Hall–Kier alpha value is -6.20. The molecule has 5 heterocycles. The lowest BCUT2D eigenvalue weighted by atomic mass is 9.42. The molecule has 0 radical (unpaired) electrons. The molecule has 2 unspecified atom stereocenters. The van der Waals surface area contributed by atoms with Crippen LogP contribution in [0.4, 0.5) is 22.7 Å². The first-order valence-corrected chi connectivity index (χ1v) is 26.7. The molecule has 0 amide bonds. The van der Waals surface area contributed by atoms with Gasteiger partial charge in [-0.1, -0.05) is 162 Å². The molecule has 9 aromatic rings. The highest BCUT2D eigenvalue weighted by atomic mass is 16.3. The predicted octanol–water partition coefficient (Wildman–Crippen LogP) is 17.1. The Morgan fingerprint density at radius 3 is 1.93 bits per heavy atom. The average molecular weight is 931 g/mol. The number of hydrogen-bond acceptors (Lipinski definition) is 4. The fourth-order valence-electron chi connectivity index (χ4n) is 14.7. The molecule has 1 fully saturated rings. The van der Waals surface area contributed by atoms with Gasteiger partial charge in [0.25, 0.3) is 0 Å². The van der Waals surface area contributed by atoms with Gasteiger partial charge in [-0.2, -0.15) is 0 Å². The Kier molecular flexibility index (Phi) is 8.50. The normalized spacial score (nSPS) is 21.7. The van der Waals surface area contributed by atoms with E-state index >= 15 is 0 Å². The molecule has 4 nitrogen and oxygen atoms in total. The van der Waals surface area contributed by atoms with E-state index in [0.717, 1.165) is 70.2 Å². The third-order valence-electron chi connectivity index (χ3n) is 19.2. The zero-order chi connectivity index (χ0) is 49.1. The van der Waals surface area contributed by atoms with Crippen LogP contribution >= 0.6 is 0 Å². The molecule has 7 aromatic carbocycles. The zero-order valence-corrected chi connectivity index (χ0v) is 44.0. The molecule has 5 aliphatic rings. The van der Waals surface area contributed by atoms with Gasteiger partial charge in [0, 0.05) is 60.6 Å². The number of anilines is 4. The summed E-state index contributed by atoms with van der Waals surface area (Å²) in [6.45, 7) is 29.0. The van der Waals surface area contributed by atoms with E-state index in [9.17, 15) is 0 Å². The minimum atomic E-state index is -0.149. The van der Waals surface area contributed by atoms with Crippen LogP contribution in [0.25, 0.3) is 66.1 Å². The molecular weight excluding hydrogens is 864 g/mol. The number of fused-ring (bicyclic) bond motifs is 16. The van der Waals surface area contributed by atoms with Gasteiger partial charge in [-0.15, -0.1) is 0 Å². The number of furan rings is 2. The summed E-state index contributed by atoms with van der Waals surface area (Å²) in [4.78, 5) is 5.61. The van der Waals surface area contributed by atoms with E-state index in [2.05, 4.69) is 208 Å². The number of hydrogen-bond donors (Lipinski definition) is 0. The minimum absolute atomic E-state index is 0.0504. The second-order valence-electron chi connectivity index (χ2n) is 26.2. The fraction of sp³-hybridized carbons (Fsp3) is 0.364. The lowest BCUT2D eigenvalue weighted by Crippen LogP contribution is -2.70. The summed E-state index contributed by atoms with van der Waals surface area (Å²) in [5, 5.41) is 4.69. The maximum absolute atomic E-state index is 7.63. The van der Waals surface area contributed by atoms with Gasteiger partial charge in [0.1, 0.15) is 16.7 Å². The van der Waals surface area contributed by atoms with Crippen molar-refractivity contribution < 1.29 is 8.83 Å². The van der Waals surface area contributed by atoms with Crippen molar-refractivity contribution in [3.63, 3.8) is 0 Å². The average Bonchev–Trinajstić information content (AvgIpc) is 3.97. The van der Waals surface area contributed by atoms with E-state index in [4.69, 9.17) is 8.83 Å². The van der Waals surface area contributed by atoms with Crippen LogP contribution in [0.2, 0.25) is 0 Å². The molecule has 1 saturated carbocycles. The van der Waals surface area contributed by atoms with Crippen molar-refractivity contribution in [3.8, 4) is 22.3 Å². The quantitative estimate of drug-likeness (QED) is 0.162. The lowest BCUT2D eigenvalue weighted by molar-refractivity contribution is 0.199. The van der Waals surface area contributed by atoms with Crippen LogP contribution in [0.5, 0.6) is 0 Å². The van der Waals surface area contributed by atoms with Crippen LogP contribution in [-0.4, -0.2) is 12.4 Å². The molecule has 2 atom stereocenters. The summed E-state index contributed by atoms with van der Waals surface area (Å²) in [7, 11) is 0. The van der Waals surface area contributed by atoms with Gasteiger partial charge in [-0.25, -0.2) is 0 Å². The number of nitrogens with zero attached hydrogens (tertiary/aromatic N) is 2. The van der Waals surface area contributed by atoms with E-state index in [1.54, 1.807) is 0 Å². The summed E-state index contributed by atoms with van der Waals surface area (Å²) < 4.78 is 14.9. The highest BCUT2D eigenvalue weighted by molar-refractivity contribution is 6.93. The Balaban J connectivity index is 1.19. The Morgan fingerprint density at radius 2 is 1.18 bits per heavy atom. The Morgan fingerprint density at radius 1 is 0.507 bits per heavy atom. The second kappa shape index (κ2) is 13.8. The first kappa shape index (κ1) is 43.6. The van der Waals surface area contributed by atoms with Crippen LogP contribution in [0, 0.1) is 0 Å². The summed E-state index contributed by atoms with van der Waals surface area (Å²) in [6.07, 6.45) is 7.06. The summed E-state index contributed by atoms with van der Waals surface area (Å²) in [6, 6.07) is 44.6. The molecule has 356 valence electrons. The minimum Gasteiger partial charge on any atom is -0.455 e. The molecule has 0 saturated heterocycles. The van der Waals surface area contributed by atoms with Crippen LogP contribution in [0.3, 0.4) is 0 Å². The van der Waals surface area contributed by atoms with E-state index in [0.29, 0.717) is 0 Å². The third kappa shape index (κ3) is 5.64. The molecule has 0 N–H and O–H groups in total. The van der Waals surface area contributed by atoms with Crippen molar-refractivity contribution in [1.82, 2.24) is 0 Å². The maximum atomic E-state index is 7.63. The molecule has 0 bridgehead atoms. The van der Waals surface area contributed by atoms with Crippen LogP contribution in [0.15, 0.2) is 124 Å². The SMILES string of the molecule is CC(C)(C)c1ccc(N2c3cc4c(oc5ccccc54)c4c3B(c3ccc5c(oc6cc7c(cc65)C(C)(C)CCC7(C)C)c32)N2c3c-4cc(C(C)(C)C)cc3C3(C)CCCCC23C)c(-c2ccccc2)c1. The first-order valence-electron chi connectivity index (χ1n) is 26.7. The van der Waals surface area contributed by atoms with E-state index in [-0.39, 0.29) is 39.5 Å². The van der Waals surface area contributed by atoms with Crippen molar-refractivity contribution in [1.29, 1.82) is 0 Å². The number of rotatable bonds is 2. The molecule has 2 aliphatic carbocycles. The molecule has 3 aliphatic heterocycles. The molecule has 14 rings (SSSR count). The maximum Gasteiger partial charge on any atom is 0.329 e. The summed E-state index contributed by atoms with van der Waals surface area (Å²) >= 11 is 0. The van der Waals surface area contributed by atoms with E-state index < -0.39 is 0 Å². The van der Waals surface area contributed by atoms with Crippen molar-refractivity contribution in [3.05, 3.63) is 143 Å². The molecular formula is C66H67BN2O2. The Labute approximate surface area is 420 Å². The predicted molar refractivity (Wildman–Crippen MR) is 301 cm³/mol. The van der Waals surface area contributed by atoms with Gasteiger partial charge < -0.3 is 18.5 Å².